The third-order valence-corrected chi connectivity index (χ3v) is 5.50. The van der Waals surface area contributed by atoms with Crippen molar-refractivity contribution < 1.29 is 17.8 Å². The summed E-state index contributed by atoms with van der Waals surface area (Å²) in [5, 5.41) is 0. The molecule has 114 valence electrons. The Labute approximate surface area is 128 Å². The molecule has 0 radical (unpaired) electrons. The van der Waals surface area contributed by atoms with Gasteiger partial charge in [-0.25, -0.2) is 0 Å². The van der Waals surface area contributed by atoms with Crippen LogP contribution in [0.2, 0.25) is 0 Å². The van der Waals surface area contributed by atoms with Gasteiger partial charge in [0.25, 0.3) is 0 Å². The van der Waals surface area contributed by atoms with Crippen LogP contribution in [0.4, 0.5) is 0 Å². The Morgan fingerprint density at radius 1 is 1.10 bits per heavy atom. The van der Waals surface area contributed by atoms with E-state index in [0.717, 1.165) is 17.7 Å². The summed E-state index contributed by atoms with van der Waals surface area (Å²) in [5.41, 5.74) is 0. The van der Waals surface area contributed by atoms with Gasteiger partial charge in [0.15, 0.2) is 0 Å². The molecule has 0 N–H and O–H groups in total. The van der Waals surface area contributed by atoms with E-state index in [1.54, 1.807) is 30.5 Å². The van der Waals surface area contributed by atoms with Gasteiger partial charge in [-0.1, -0.05) is 13.8 Å². The van der Waals surface area contributed by atoms with E-state index >= 15 is 0 Å². The maximum Gasteiger partial charge on any atom is 0.380 e. The minimum Gasteiger partial charge on any atom is -0.424 e. The van der Waals surface area contributed by atoms with E-state index in [1.165, 1.54) is 0 Å². The Balaban J connectivity index is 2.77. The summed E-state index contributed by atoms with van der Waals surface area (Å²) in [7, 11) is -1.01. The largest absolute Gasteiger partial charge is 0.424 e. The highest BCUT2D eigenvalue weighted by Gasteiger charge is 2.22. The zero-order valence-corrected chi connectivity index (χ0v) is 14.6. The molecule has 0 aromatic heterocycles. The molecular weight excluding hydrogens is 315 g/mol. The number of benzene rings is 1. The van der Waals surface area contributed by atoms with Crippen LogP contribution in [0.3, 0.4) is 0 Å². The van der Waals surface area contributed by atoms with Crippen molar-refractivity contribution >= 4 is 29.3 Å². The van der Waals surface area contributed by atoms with Gasteiger partial charge >= 0.3 is 6.72 Å². The van der Waals surface area contributed by atoms with Crippen molar-refractivity contribution in [1.29, 1.82) is 0 Å². The first-order valence-corrected chi connectivity index (χ1v) is 10.6. The first kappa shape index (κ1) is 17.8. The van der Waals surface area contributed by atoms with E-state index in [4.69, 9.17) is 25.4 Å². The Morgan fingerprint density at radius 3 is 2.00 bits per heavy atom. The second kappa shape index (κ2) is 8.90. The fraction of sp³-hybridized carbons (Fsp3) is 0.538. The Hall–Kier alpha value is -0.260. The summed E-state index contributed by atoms with van der Waals surface area (Å²) in [4.78, 5) is 0.745. The van der Waals surface area contributed by atoms with Crippen molar-refractivity contribution in [3.63, 3.8) is 0 Å². The van der Waals surface area contributed by atoms with Crippen LogP contribution in [-0.4, -0.2) is 23.7 Å². The second-order valence-corrected chi connectivity index (χ2v) is 8.45. The quantitative estimate of drug-likeness (QED) is 0.640. The van der Waals surface area contributed by atoms with Crippen LogP contribution in [0.15, 0.2) is 29.2 Å². The molecule has 1 aromatic carbocycles. The zero-order chi connectivity index (χ0) is 15.0. The van der Waals surface area contributed by atoms with Gasteiger partial charge in [0.1, 0.15) is 5.75 Å². The van der Waals surface area contributed by atoms with Gasteiger partial charge in [0.2, 0.25) is 0 Å². The van der Waals surface area contributed by atoms with E-state index in [1.807, 2.05) is 13.8 Å². The summed E-state index contributed by atoms with van der Waals surface area (Å²) in [6.07, 6.45) is 3.34. The fourth-order valence-corrected chi connectivity index (χ4v) is 3.91. The minimum atomic E-state index is -2.76. The van der Waals surface area contributed by atoms with Crippen LogP contribution >= 0.6 is 6.72 Å². The molecule has 0 bridgehead atoms. The number of hydrogen-bond donors (Lipinski definition) is 0. The van der Waals surface area contributed by atoms with Crippen LogP contribution in [-0.2, 0) is 31.7 Å². The van der Waals surface area contributed by atoms with Crippen LogP contribution in [0, 0.1) is 0 Å². The van der Waals surface area contributed by atoms with Crippen LogP contribution < -0.4 is 4.52 Å². The molecular formula is C13H21O4PS2. The molecule has 0 aliphatic rings. The van der Waals surface area contributed by atoms with E-state index in [9.17, 15) is 4.21 Å². The zero-order valence-electron chi connectivity index (χ0n) is 12.0. The van der Waals surface area contributed by atoms with Gasteiger partial charge in [-0.3, -0.25) is 13.3 Å². The molecule has 0 spiro atoms. The summed E-state index contributed by atoms with van der Waals surface area (Å²) >= 11 is 5.38. The lowest BCUT2D eigenvalue weighted by Crippen LogP contribution is -2.04. The molecule has 1 rings (SSSR count). The normalized spacial score (nSPS) is 13.2. The van der Waals surface area contributed by atoms with E-state index in [0.29, 0.717) is 19.0 Å². The van der Waals surface area contributed by atoms with Crippen molar-refractivity contribution in [2.75, 3.05) is 19.5 Å². The topological polar surface area (TPSA) is 44.8 Å². The molecule has 20 heavy (non-hydrogen) atoms. The average Bonchev–Trinajstić information content (AvgIpc) is 2.44. The van der Waals surface area contributed by atoms with Gasteiger partial charge in [-0.05, 0) is 37.1 Å². The lowest BCUT2D eigenvalue weighted by Gasteiger charge is -2.22. The second-order valence-electron chi connectivity index (χ2n) is 4.13. The number of rotatable bonds is 9. The minimum absolute atomic E-state index is 0.512. The third-order valence-electron chi connectivity index (χ3n) is 2.28. The van der Waals surface area contributed by atoms with Crippen LogP contribution in [0.25, 0.3) is 0 Å². The molecule has 1 unspecified atom stereocenters. The highest BCUT2D eigenvalue weighted by Crippen LogP contribution is 2.50. The lowest BCUT2D eigenvalue weighted by molar-refractivity contribution is 0.202. The van der Waals surface area contributed by atoms with Crippen LogP contribution in [0.1, 0.15) is 26.7 Å². The summed E-state index contributed by atoms with van der Waals surface area (Å²) in [5.74, 6) is 0.578. The predicted molar refractivity (Wildman–Crippen MR) is 86.2 cm³/mol. The number of hydrogen-bond acceptors (Lipinski definition) is 5. The van der Waals surface area contributed by atoms with Crippen LogP contribution in [0.5, 0.6) is 5.75 Å². The smallest absolute Gasteiger partial charge is 0.380 e. The molecule has 0 saturated carbocycles. The highest BCUT2D eigenvalue weighted by molar-refractivity contribution is 8.07. The molecule has 0 aliphatic carbocycles. The summed E-state index contributed by atoms with van der Waals surface area (Å²) in [6.45, 7) is 2.28. The average molecular weight is 336 g/mol. The molecule has 0 saturated heterocycles. The molecule has 1 atom stereocenters. The standard InChI is InChI=1S/C13H21O4PS2/c1-4-10-15-18(19,16-11-5-2)17-12-6-8-13(9-7-12)20(3)14/h6-9H,4-5,10-11H2,1-3H3. The van der Waals surface area contributed by atoms with Gasteiger partial charge in [-0.15, -0.1) is 0 Å². The molecule has 0 aliphatic heterocycles. The van der Waals surface area contributed by atoms with Crippen molar-refractivity contribution in [3.05, 3.63) is 24.3 Å². The van der Waals surface area contributed by atoms with E-state index in [2.05, 4.69) is 0 Å². The third kappa shape index (κ3) is 6.02. The predicted octanol–water partition coefficient (Wildman–Crippen LogP) is 3.88. The maximum absolute atomic E-state index is 11.3. The van der Waals surface area contributed by atoms with Crippen molar-refractivity contribution in [2.45, 2.75) is 31.6 Å². The van der Waals surface area contributed by atoms with Crippen molar-refractivity contribution in [3.8, 4) is 5.75 Å². The highest BCUT2D eigenvalue weighted by atomic mass is 32.5. The molecule has 0 fully saturated rings. The molecule has 1 aromatic rings. The molecule has 0 amide bonds. The molecule has 7 heteroatoms. The van der Waals surface area contributed by atoms with Crippen molar-refractivity contribution in [1.82, 2.24) is 0 Å². The van der Waals surface area contributed by atoms with Crippen molar-refractivity contribution in [2.24, 2.45) is 0 Å². The Bertz CT molecular complexity index is 464. The van der Waals surface area contributed by atoms with E-state index < -0.39 is 17.5 Å². The first-order valence-electron chi connectivity index (χ1n) is 6.53. The molecule has 4 nitrogen and oxygen atoms in total. The first-order chi connectivity index (χ1) is 9.50. The maximum atomic E-state index is 11.3. The van der Waals surface area contributed by atoms with Gasteiger partial charge in [0.05, 0.1) is 13.2 Å². The monoisotopic (exact) mass is 336 g/mol. The van der Waals surface area contributed by atoms with Gasteiger partial charge in [-0.2, -0.15) is 0 Å². The Morgan fingerprint density at radius 2 is 1.60 bits per heavy atom. The molecule has 0 heterocycles. The van der Waals surface area contributed by atoms with Gasteiger partial charge < -0.3 is 4.52 Å². The summed E-state index contributed by atoms with van der Waals surface area (Å²) in [6, 6.07) is 6.99. The fourth-order valence-electron chi connectivity index (χ4n) is 1.32. The Kier molecular flexibility index (Phi) is 7.92. The SMILES string of the molecule is CCCOP(=S)(OCCC)Oc1ccc(S(C)=O)cc1. The lowest BCUT2D eigenvalue weighted by atomic mass is 10.3. The van der Waals surface area contributed by atoms with Gasteiger partial charge in [0, 0.05) is 33.8 Å². The summed E-state index contributed by atoms with van der Waals surface area (Å²) < 4.78 is 28.2. The van der Waals surface area contributed by atoms with E-state index in [-0.39, 0.29) is 0 Å².